The van der Waals surface area contributed by atoms with E-state index in [0.717, 1.165) is 11.8 Å². The molecule has 7 nitrogen and oxygen atoms in total. The summed E-state index contributed by atoms with van der Waals surface area (Å²) >= 11 is 1.10. The topological polar surface area (TPSA) is 86.5 Å². The summed E-state index contributed by atoms with van der Waals surface area (Å²) in [7, 11) is 3.10. The van der Waals surface area contributed by atoms with Crippen LogP contribution >= 0.6 is 11.8 Å². The van der Waals surface area contributed by atoms with E-state index < -0.39 is 5.25 Å². The second kappa shape index (κ2) is 8.95. The Balaban J connectivity index is 1.69. The first-order valence-corrected chi connectivity index (χ1v) is 9.58. The van der Waals surface area contributed by atoms with E-state index in [-0.39, 0.29) is 22.8 Å². The van der Waals surface area contributed by atoms with Crippen molar-refractivity contribution in [2.45, 2.75) is 24.3 Å². The maximum Gasteiger partial charge on any atom is 0.277 e. The van der Waals surface area contributed by atoms with Gasteiger partial charge in [0.15, 0.2) is 0 Å². The molecule has 3 rings (SSSR count). The summed E-state index contributed by atoms with van der Waals surface area (Å²) in [5, 5.41) is 10.4. The third-order valence-corrected chi connectivity index (χ3v) is 5.07. The van der Waals surface area contributed by atoms with Crippen molar-refractivity contribution in [2.24, 2.45) is 0 Å². The largest absolute Gasteiger partial charge is 0.497 e. The van der Waals surface area contributed by atoms with Gasteiger partial charge < -0.3 is 19.2 Å². The van der Waals surface area contributed by atoms with Crippen molar-refractivity contribution in [3.63, 3.8) is 0 Å². The SMILES string of the molecule is COc1ccc(-c2nnc(S[C@@H](C)C(=O)Nc3ccc(C)c(F)c3)o2)c(OC)c1. The number of hydrogen-bond acceptors (Lipinski definition) is 7. The van der Waals surface area contributed by atoms with Crippen LogP contribution in [0, 0.1) is 12.7 Å². The van der Waals surface area contributed by atoms with Crippen LogP contribution in [0.3, 0.4) is 0 Å². The summed E-state index contributed by atoms with van der Waals surface area (Å²) in [6, 6.07) is 9.76. The lowest BCUT2D eigenvalue weighted by atomic mass is 10.2. The highest BCUT2D eigenvalue weighted by molar-refractivity contribution is 8.00. The molecule has 0 aliphatic carbocycles. The molecule has 3 aromatic rings. The zero-order valence-electron chi connectivity index (χ0n) is 16.4. The summed E-state index contributed by atoms with van der Waals surface area (Å²) in [4.78, 5) is 12.4. The number of anilines is 1. The molecule has 0 spiro atoms. The first-order chi connectivity index (χ1) is 13.9. The Labute approximate surface area is 171 Å². The number of nitrogens with one attached hydrogen (secondary N) is 1. The van der Waals surface area contributed by atoms with E-state index in [1.165, 1.54) is 13.2 Å². The molecule has 1 aromatic heterocycles. The van der Waals surface area contributed by atoms with Gasteiger partial charge in [-0.05, 0) is 43.7 Å². The number of halogens is 1. The van der Waals surface area contributed by atoms with Gasteiger partial charge in [0.05, 0.1) is 25.0 Å². The Hall–Kier alpha value is -3.07. The van der Waals surface area contributed by atoms with Gasteiger partial charge in [0.1, 0.15) is 17.3 Å². The summed E-state index contributed by atoms with van der Waals surface area (Å²) < 4.78 is 29.8. The molecule has 29 heavy (non-hydrogen) atoms. The third kappa shape index (κ3) is 4.86. The Kier molecular flexibility index (Phi) is 6.38. The fourth-order valence-corrected chi connectivity index (χ4v) is 3.14. The minimum absolute atomic E-state index is 0.232. The molecular formula is C20H20FN3O4S. The van der Waals surface area contributed by atoms with Crippen LogP contribution in [0.15, 0.2) is 46.0 Å². The summed E-state index contributed by atoms with van der Waals surface area (Å²) in [6.45, 7) is 3.35. The number of benzene rings is 2. The number of ether oxygens (including phenoxy) is 2. The van der Waals surface area contributed by atoms with E-state index >= 15 is 0 Å². The van der Waals surface area contributed by atoms with Gasteiger partial charge in [-0.2, -0.15) is 0 Å². The van der Waals surface area contributed by atoms with E-state index in [1.54, 1.807) is 51.3 Å². The van der Waals surface area contributed by atoms with Crippen molar-refractivity contribution < 1.29 is 23.1 Å². The van der Waals surface area contributed by atoms with Crippen LogP contribution in [0.5, 0.6) is 11.5 Å². The molecule has 0 saturated carbocycles. The third-order valence-electron chi connectivity index (χ3n) is 4.13. The fraction of sp³-hybridized carbons (Fsp3) is 0.250. The quantitative estimate of drug-likeness (QED) is 0.573. The predicted octanol–water partition coefficient (Wildman–Crippen LogP) is 4.32. The van der Waals surface area contributed by atoms with E-state index in [2.05, 4.69) is 15.5 Å². The van der Waals surface area contributed by atoms with Gasteiger partial charge in [0, 0.05) is 11.8 Å². The number of methoxy groups -OCH3 is 2. The van der Waals surface area contributed by atoms with E-state index in [1.807, 2.05) is 0 Å². The Bertz CT molecular complexity index is 1020. The second-order valence-corrected chi connectivity index (χ2v) is 7.44. The number of rotatable bonds is 7. The lowest BCUT2D eigenvalue weighted by Gasteiger charge is -2.10. The van der Waals surface area contributed by atoms with E-state index in [9.17, 15) is 9.18 Å². The van der Waals surface area contributed by atoms with Crippen LogP contribution in [0.2, 0.25) is 0 Å². The number of aromatic nitrogens is 2. The Morgan fingerprint density at radius 3 is 2.66 bits per heavy atom. The van der Waals surface area contributed by atoms with Gasteiger partial charge in [-0.25, -0.2) is 4.39 Å². The van der Waals surface area contributed by atoms with Crippen molar-refractivity contribution in [2.75, 3.05) is 19.5 Å². The molecule has 0 unspecified atom stereocenters. The zero-order valence-corrected chi connectivity index (χ0v) is 17.2. The van der Waals surface area contributed by atoms with Crippen LogP contribution < -0.4 is 14.8 Å². The molecule has 0 bridgehead atoms. The summed E-state index contributed by atoms with van der Waals surface area (Å²) in [6.07, 6.45) is 0. The molecule has 1 atom stereocenters. The highest BCUT2D eigenvalue weighted by atomic mass is 32.2. The van der Waals surface area contributed by atoms with Crippen LogP contribution in [0.4, 0.5) is 10.1 Å². The molecule has 0 aliphatic rings. The number of thioether (sulfide) groups is 1. The number of nitrogens with zero attached hydrogens (tertiary/aromatic N) is 2. The predicted molar refractivity (Wildman–Crippen MR) is 108 cm³/mol. The van der Waals surface area contributed by atoms with Crippen molar-refractivity contribution in [1.82, 2.24) is 10.2 Å². The van der Waals surface area contributed by atoms with Gasteiger partial charge in [-0.3, -0.25) is 4.79 Å². The van der Waals surface area contributed by atoms with Gasteiger partial charge >= 0.3 is 0 Å². The molecule has 1 heterocycles. The fourth-order valence-electron chi connectivity index (χ4n) is 2.46. The van der Waals surface area contributed by atoms with Gasteiger partial charge in [0.25, 0.3) is 11.1 Å². The average molecular weight is 417 g/mol. The molecular weight excluding hydrogens is 397 g/mol. The van der Waals surface area contributed by atoms with E-state index in [0.29, 0.717) is 28.3 Å². The highest BCUT2D eigenvalue weighted by Crippen LogP contribution is 2.34. The minimum atomic E-state index is -0.537. The number of carbonyl (C=O) groups excluding carboxylic acids is 1. The Morgan fingerprint density at radius 1 is 1.17 bits per heavy atom. The Morgan fingerprint density at radius 2 is 1.97 bits per heavy atom. The van der Waals surface area contributed by atoms with Crippen LogP contribution in [-0.4, -0.2) is 35.6 Å². The van der Waals surface area contributed by atoms with Gasteiger partial charge in [0.2, 0.25) is 5.91 Å². The highest BCUT2D eigenvalue weighted by Gasteiger charge is 2.20. The molecule has 0 radical (unpaired) electrons. The minimum Gasteiger partial charge on any atom is -0.497 e. The number of carbonyl (C=O) groups is 1. The lowest BCUT2D eigenvalue weighted by molar-refractivity contribution is -0.115. The van der Waals surface area contributed by atoms with Crippen LogP contribution in [0.1, 0.15) is 12.5 Å². The van der Waals surface area contributed by atoms with Crippen LogP contribution in [0.25, 0.3) is 11.5 Å². The standard InChI is InChI=1S/C20H20FN3O4S/c1-11-5-6-13(9-16(11)21)22-18(25)12(2)29-20-24-23-19(28-20)15-8-7-14(26-3)10-17(15)27-4/h5-10,12H,1-4H3,(H,22,25)/t12-/m0/s1. The normalized spacial score (nSPS) is 11.8. The zero-order chi connectivity index (χ0) is 21.0. The first-order valence-electron chi connectivity index (χ1n) is 8.71. The monoisotopic (exact) mass is 417 g/mol. The smallest absolute Gasteiger partial charge is 0.277 e. The molecule has 0 saturated heterocycles. The molecule has 0 aliphatic heterocycles. The molecule has 0 fully saturated rings. The van der Waals surface area contributed by atoms with Gasteiger partial charge in [-0.1, -0.05) is 17.8 Å². The molecule has 2 aromatic carbocycles. The summed E-state index contributed by atoms with van der Waals surface area (Å²) in [5.74, 6) is 0.743. The van der Waals surface area contributed by atoms with Crippen molar-refractivity contribution in [3.05, 3.63) is 47.8 Å². The van der Waals surface area contributed by atoms with Gasteiger partial charge in [-0.15, -0.1) is 10.2 Å². The number of aryl methyl sites for hydroxylation is 1. The second-order valence-electron chi connectivity index (χ2n) is 6.15. The van der Waals surface area contributed by atoms with Crippen molar-refractivity contribution >= 4 is 23.4 Å². The lowest BCUT2D eigenvalue weighted by Crippen LogP contribution is -2.22. The molecule has 1 N–H and O–H groups in total. The molecule has 152 valence electrons. The average Bonchev–Trinajstić information content (AvgIpc) is 3.18. The van der Waals surface area contributed by atoms with Crippen molar-refractivity contribution in [1.29, 1.82) is 0 Å². The maximum atomic E-state index is 13.6. The first kappa shape index (κ1) is 20.7. The molecule has 1 amide bonds. The number of amides is 1. The van der Waals surface area contributed by atoms with Crippen LogP contribution in [-0.2, 0) is 4.79 Å². The van der Waals surface area contributed by atoms with Crippen molar-refractivity contribution in [3.8, 4) is 23.0 Å². The van der Waals surface area contributed by atoms with E-state index in [4.69, 9.17) is 13.9 Å². The molecule has 9 heteroatoms. The summed E-state index contributed by atoms with van der Waals surface area (Å²) in [5.41, 5.74) is 1.51. The number of hydrogen-bond donors (Lipinski definition) is 1. The maximum absolute atomic E-state index is 13.6.